The van der Waals surface area contributed by atoms with E-state index in [1.165, 1.54) is 0 Å². The van der Waals surface area contributed by atoms with E-state index in [0.29, 0.717) is 6.54 Å². The summed E-state index contributed by atoms with van der Waals surface area (Å²) in [6, 6.07) is 0. The zero-order valence-electron chi connectivity index (χ0n) is 7.09. The molecule has 1 heterocycles. The number of aromatic nitrogens is 2. The van der Waals surface area contributed by atoms with Gasteiger partial charge in [0.15, 0.2) is 0 Å². The summed E-state index contributed by atoms with van der Waals surface area (Å²) in [5, 5.41) is 0. The number of nitrogens with one attached hydrogen (secondary N) is 1. The van der Waals surface area contributed by atoms with Gasteiger partial charge in [0.1, 0.15) is 0 Å². The first-order chi connectivity index (χ1) is 5.17. The number of hydrogen-bond donors (Lipinski definition) is 2. The van der Waals surface area contributed by atoms with Crippen LogP contribution in [-0.4, -0.2) is 16.5 Å². The molecule has 1 aromatic heterocycles. The zero-order valence-corrected chi connectivity index (χ0v) is 7.09. The Hall–Kier alpha value is -0.830. The average Bonchev–Trinajstić information content (AvgIpc) is 2.37. The van der Waals surface area contributed by atoms with Crippen molar-refractivity contribution in [1.29, 1.82) is 0 Å². The van der Waals surface area contributed by atoms with Crippen LogP contribution in [0.25, 0.3) is 0 Å². The highest BCUT2D eigenvalue weighted by Crippen LogP contribution is 2.23. The molecule has 0 aliphatic rings. The topological polar surface area (TPSA) is 54.7 Å². The van der Waals surface area contributed by atoms with Crippen LogP contribution < -0.4 is 5.73 Å². The van der Waals surface area contributed by atoms with Crippen molar-refractivity contribution in [3.63, 3.8) is 0 Å². The molecule has 0 fully saturated rings. The molecule has 0 saturated carbocycles. The van der Waals surface area contributed by atoms with E-state index in [-0.39, 0.29) is 5.41 Å². The Morgan fingerprint density at radius 3 is 2.82 bits per heavy atom. The molecule has 0 radical (unpaired) electrons. The molecule has 0 unspecified atom stereocenters. The molecule has 0 saturated heterocycles. The van der Waals surface area contributed by atoms with Crippen LogP contribution in [0.2, 0.25) is 0 Å². The minimum Gasteiger partial charge on any atom is -0.348 e. The summed E-state index contributed by atoms with van der Waals surface area (Å²) in [4.78, 5) is 7.07. The molecule has 1 rings (SSSR count). The largest absolute Gasteiger partial charge is 0.348 e. The summed E-state index contributed by atoms with van der Waals surface area (Å²) in [5.74, 6) is 0. The van der Waals surface area contributed by atoms with Crippen LogP contribution in [0, 0.1) is 0 Å². The number of nitrogens with two attached hydrogens (primary N) is 1. The molecule has 11 heavy (non-hydrogen) atoms. The summed E-state index contributed by atoms with van der Waals surface area (Å²) in [5.41, 5.74) is 6.77. The van der Waals surface area contributed by atoms with Gasteiger partial charge in [0.25, 0.3) is 0 Å². The van der Waals surface area contributed by atoms with Crippen LogP contribution in [0.3, 0.4) is 0 Å². The van der Waals surface area contributed by atoms with E-state index < -0.39 is 0 Å². The molecule has 0 bridgehead atoms. The van der Waals surface area contributed by atoms with Crippen LogP contribution in [0.4, 0.5) is 0 Å². The minimum atomic E-state index is 0.130. The van der Waals surface area contributed by atoms with Gasteiger partial charge in [-0.05, 0) is 13.0 Å². The van der Waals surface area contributed by atoms with Crippen LogP contribution in [0.5, 0.6) is 0 Å². The summed E-state index contributed by atoms with van der Waals surface area (Å²) >= 11 is 0. The summed E-state index contributed by atoms with van der Waals surface area (Å²) in [7, 11) is 0. The average molecular weight is 153 g/mol. The van der Waals surface area contributed by atoms with Gasteiger partial charge >= 0.3 is 0 Å². The third kappa shape index (κ3) is 1.80. The van der Waals surface area contributed by atoms with E-state index in [1.54, 1.807) is 6.33 Å². The maximum atomic E-state index is 5.49. The van der Waals surface area contributed by atoms with E-state index >= 15 is 0 Å². The van der Waals surface area contributed by atoms with Gasteiger partial charge in [-0.2, -0.15) is 0 Å². The fraction of sp³-hybridized carbons (Fsp3) is 0.625. The lowest BCUT2D eigenvalue weighted by Gasteiger charge is -2.21. The predicted octanol–water partition coefficient (Wildman–Crippen LogP) is 1.04. The Balaban J connectivity index is 2.73. The third-order valence-electron chi connectivity index (χ3n) is 2.00. The number of rotatable bonds is 3. The highest BCUT2D eigenvalue weighted by Gasteiger charge is 2.20. The predicted molar refractivity (Wildman–Crippen MR) is 45.3 cm³/mol. The number of nitrogens with zero attached hydrogens (tertiary/aromatic N) is 1. The van der Waals surface area contributed by atoms with Crippen LogP contribution in [-0.2, 0) is 5.41 Å². The molecule has 0 amide bonds. The van der Waals surface area contributed by atoms with E-state index in [2.05, 4.69) is 23.8 Å². The van der Waals surface area contributed by atoms with Gasteiger partial charge in [0, 0.05) is 17.3 Å². The molecule has 0 atom stereocenters. The molecule has 3 heteroatoms. The fourth-order valence-corrected chi connectivity index (χ4v) is 1.12. The molecule has 62 valence electrons. The molecule has 0 spiro atoms. The normalized spacial score (nSPS) is 11.9. The van der Waals surface area contributed by atoms with Crippen molar-refractivity contribution in [1.82, 2.24) is 9.97 Å². The SMILES string of the molecule is CC(C)(CCN)c1cnc[nH]1. The highest BCUT2D eigenvalue weighted by atomic mass is 14.9. The van der Waals surface area contributed by atoms with E-state index in [9.17, 15) is 0 Å². The molecule has 0 aliphatic heterocycles. The Labute approximate surface area is 67.0 Å². The molecule has 3 nitrogen and oxygen atoms in total. The Kier molecular flexibility index (Phi) is 2.29. The monoisotopic (exact) mass is 153 g/mol. The van der Waals surface area contributed by atoms with Crippen molar-refractivity contribution >= 4 is 0 Å². The molecule has 0 aromatic carbocycles. The number of aromatic amines is 1. The van der Waals surface area contributed by atoms with E-state index in [4.69, 9.17) is 5.73 Å². The molecule has 1 aromatic rings. The van der Waals surface area contributed by atoms with Crippen molar-refractivity contribution in [3.8, 4) is 0 Å². The second kappa shape index (κ2) is 3.05. The number of imidazole rings is 1. The second-order valence-electron chi connectivity index (χ2n) is 3.39. The van der Waals surface area contributed by atoms with E-state index in [1.807, 2.05) is 6.20 Å². The first kappa shape index (κ1) is 8.27. The lowest BCUT2D eigenvalue weighted by molar-refractivity contribution is 0.475. The quantitative estimate of drug-likeness (QED) is 0.681. The van der Waals surface area contributed by atoms with Gasteiger partial charge in [0.2, 0.25) is 0 Å². The minimum absolute atomic E-state index is 0.130. The molecular formula is C8H15N3. The molecular weight excluding hydrogens is 138 g/mol. The Bertz CT molecular complexity index is 201. The van der Waals surface area contributed by atoms with Crippen molar-refractivity contribution in [2.24, 2.45) is 5.73 Å². The first-order valence-corrected chi connectivity index (χ1v) is 3.86. The molecule has 3 N–H and O–H groups in total. The number of hydrogen-bond acceptors (Lipinski definition) is 2. The van der Waals surface area contributed by atoms with Gasteiger partial charge in [-0.3, -0.25) is 0 Å². The summed E-state index contributed by atoms with van der Waals surface area (Å²) < 4.78 is 0. The van der Waals surface area contributed by atoms with Crippen LogP contribution in [0.1, 0.15) is 26.0 Å². The fourth-order valence-electron chi connectivity index (χ4n) is 1.12. The van der Waals surface area contributed by atoms with E-state index in [0.717, 1.165) is 12.1 Å². The second-order valence-corrected chi connectivity index (χ2v) is 3.39. The summed E-state index contributed by atoms with van der Waals surface area (Å²) in [6.07, 6.45) is 4.54. The first-order valence-electron chi connectivity index (χ1n) is 3.86. The number of H-pyrrole nitrogens is 1. The Morgan fingerprint density at radius 1 is 1.64 bits per heavy atom. The van der Waals surface area contributed by atoms with Gasteiger partial charge in [-0.15, -0.1) is 0 Å². The zero-order chi connectivity index (χ0) is 8.32. The summed E-state index contributed by atoms with van der Waals surface area (Å²) in [6.45, 7) is 5.03. The lowest BCUT2D eigenvalue weighted by Crippen LogP contribution is -2.21. The van der Waals surface area contributed by atoms with Crippen molar-refractivity contribution in [2.45, 2.75) is 25.7 Å². The van der Waals surface area contributed by atoms with Gasteiger partial charge < -0.3 is 10.7 Å². The van der Waals surface area contributed by atoms with Crippen molar-refractivity contribution in [2.75, 3.05) is 6.54 Å². The lowest BCUT2D eigenvalue weighted by atomic mass is 9.86. The smallest absolute Gasteiger partial charge is 0.0921 e. The van der Waals surface area contributed by atoms with Gasteiger partial charge in [0.05, 0.1) is 6.33 Å². The van der Waals surface area contributed by atoms with Crippen LogP contribution >= 0.6 is 0 Å². The van der Waals surface area contributed by atoms with Crippen molar-refractivity contribution < 1.29 is 0 Å². The van der Waals surface area contributed by atoms with Crippen molar-refractivity contribution in [3.05, 3.63) is 18.2 Å². The standard InChI is InChI=1S/C8H15N3/c1-8(2,3-4-9)7-5-10-6-11-7/h5-6H,3-4,9H2,1-2H3,(H,10,11). The molecule has 0 aliphatic carbocycles. The Morgan fingerprint density at radius 2 is 2.36 bits per heavy atom. The van der Waals surface area contributed by atoms with Gasteiger partial charge in [-0.1, -0.05) is 13.8 Å². The highest BCUT2D eigenvalue weighted by molar-refractivity contribution is 5.09. The van der Waals surface area contributed by atoms with Gasteiger partial charge in [-0.25, -0.2) is 4.98 Å². The maximum absolute atomic E-state index is 5.49. The van der Waals surface area contributed by atoms with Crippen LogP contribution in [0.15, 0.2) is 12.5 Å². The maximum Gasteiger partial charge on any atom is 0.0921 e. The third-order valence-corrected chi connectivity index (χ3v) is 2.00.